The minimum atomic E-state index is -0.361. The van der Waals surface area contributed by atoms with Crippen molar-refractivity contribution < 1.29 is 4.79 Å². The number of piperidine rings is 1. The molecule has 1 aromatic rings. The quantitative estimate of drug-likeness (QED) is 0.869. The van der Waals surface area contributed by atoms with Crippen molar-refractivity contribution in [2.45, 2.75) is 32.7 Å². The van der Waals surface area contributed by atoms with Crippen LogP contribution >= 0.6 is 0 Å². The molecule has 4 heteroatoms. The Balaban J connectivity index is 2.08. The van der Waals surface area contributed by atoms with Crippen LogP contribution in [0.4, 0.5) is 5.69 Å². The summed E-state index contributed by atoms with van der Waals surface area (Å²) in [4.78, 5) is 13.6. The van der Waals surface area contributed by atoms with Gasteiger partial charge >= 0.3 is 0 Å². The van der Waals surface area contributed by atoms with E-state index in [9.17, 15) is 4.79 Å². The van der Waals surface area contributed by atoms with E-state index < -0.39 is 0 Å². The number of nitrogens with two attached hydrogens (primary N) is 2. The largest absolute Gasteiger partial charge is 0.372 e. The molecule has 104 valence electrons. The topological polar surface area (TPSA) is 72.3 Å². The van der Waals surface area contributed by atoms with Crippen LogP contribution in [0, 0.1) is 12.8 Å². The van der Waals surface area contributed by atoms with Gasteiger partial charge in [0.15, 0.2) is 0 Å². The van der Waals surface area contributed by atoms with Crippen LogP contribution in [0.3, 0.4) is 0 Å². The Morgan fingerprint density at radius 1 is 1.37 bits per heavy atom. The maximum Gasteiger partial charge on any atom is 0.248 e. The summed E-state index contributed by atoms with van der Waals surface area (Å²) in [6.07, 6.45) is 2.27. The first kappa shape index (κ1) is 13.9. The Labute approximate surface area is 114 Å². The van der Waals surface area contributed by atoms with Crippen LogP contribution in [0.5, 0.6) is 0 Å². The molecule has 0 radical (unpaired) electrons. The number of aryl methyl sites for hydroxylation is 1. The van der Waals surface area contributed by atoms with Crippen LogP contribution in [0.15, 0.2) is 18.2 Å². The SMILES string of the molecule is Cc1cc(N2CCC(C(C)N)CC2)ccc1C(N)=O. The van der Waals surface area contributed by atoms with Crippen molar-refractivity contribution >= 4 is 11.6 Å². The van der Waals surface area contributed by atoms with Gasteiger partial charge in [-0.2, -0.15) is 0 Å². The monoisotopic (exact) mass is 261 g/mol. The molecule has 19 heavy (non-hydrogen) atoms. The first-order chi connectivity index (χ1) is 8.99. The molecule has 1 aliphatic rings. The van der Waals surface area contributed by atoms with Gasteiger partial charge in [0.1, 0.15) is 0 Å². The first-order valence-corrected chi connectivity index (χ1v) is 6.90. The Bertz CT molecular complexity index is 462. The van der Waals surface area contributed by atoms with Gasteiger partial charge in [-0.05, 0) is 56.4 Å². The second-order valence-corrected chi connectivity index (χ2v) is 5.55. The molecule has 0 saturated carbocycles. The van der Waals surface area contributed by atoms with Crippen molar-refractivity contribution in [2.75, 3.05) is 18.0 Å². The predicted molar refractivity (Wildman–Crippen MR) is 78.3 cm³/mol. The van der Waals surface area contributed by atoms with Gasteiger partial charge in [-0.3, -0.25) is 4.79 Å². The van der Waals surface area contributed by atoms with E-state index in [0.29, 0.717) is 11.5 Å². The van der Waals surface area contributed by atoms with Gasteiger partial charge in [0.2, 0.25) is 5.91 Å². The Morgan fingerprint density at radius 3 is 2.47 bits per heavy atom. The highest BCUT2D eigenvalue weighted by molar-refractivity contribution is 5.94. The Morgan fingerprint density at radius 2 is 2.00 bits per heavy atom. The van der Waals surface area contributed by atoms with Gasteiger partial charge in [0, 0.05) is 30.4 Å². The minimum absolute atomic E-state index is 0.279. The van der Waals surface area contributed by atoms with E-state index >= 15 is 0 Å². The van der Waals surface area contributed by atoms with Gasteiger partial charge in [0.25, 0.3) is 0 Å². The maximum absolute atomic E-state index is 11.2. The molecule has 4 N–H and O–H groups in total. The lowest BCUT2D eigenvalue weighted by Gasteiger charge is -2.35. The molecule has 0 spiro atoms. The van der Waals surface area contributed by atoms with Crippen molar-refractivity contribution in [1.29, 1.82) is 0 Å². The highest BCUT2D eigenvalue weighted by Gasteiger charge is 2.22. The zero-order valence-electron chi connectivity index (χ0n) is 11.7. The van der Waals surface area contributed by atoms with E-state index in [1.807, 2.05) is 25.1 Å². The van der Waals surface area contributed by atoms with Gasteiger partial charge < -0.3 is 16.4 Å². The number of primary amides is 1. The van der Waals surface area contributed by atoms with Crippen LogP contribution in [0.25, 0.3) is 0 Å². The van der Waals surface area contributed by atoms with Crippen molar-refractivity contribution in [1.82, 2.24) is 0 Å². The molecule has 2 rings (SSSR count). The van der Waals surface area contributed by atoms with Crippen LogP contribution in [0.1, 0.15) is 35.7 Å². The number of benzene rings is 1. The van der Waals surface area contributed by atoms with E-state index in [-0.39, 0.29) is 11.9 Å². The van der Waals surface area contributed by atoms with E-state index in [1.54, 1.807) is 0 Å². The molecule has 0 bridgehead atoms. The Hall–Kier alpha value is -1.55. The summed E-state index contributed by atoms with van der Waals surface area (Å²) >= 11 is 0. The number of amides is 1. The Kier molecular flexibility index (Phi) is 4.10. The average molecular weight is 261 g/mol. The fourth-order valence-electron chi connectivity index (χ4n) is 2.80. The molecule has 1 atom stereocenters. The van der Waals surface area contributed by atoms with E-state index in [1.165, 1.54) is 5.69 Å². The minimum Gasteiger partial charge on any atom is -0.372 e. The molecule has 1 amide bonds. The lowest BCUT2D eigenvalue weighted by molar-refractivity contribution is 0.0999. The molecule has 4 nitrogen and oxygen atoms in total. The van der Waals surface area contributed by atoms with Crippen molar-refractivity contribution in [3.8, 4) is 0 Å². The number of carbonyl (C=O) groups is 1. The van der Waals surface area contributed by atoms with E-state index in [2.05, 4.69) is 11.8 Å². The molecule has 1 unspecified atom stereocenters. The third-order valence-electron chi connectivity index (χ3n) is 4.12. The summed E-state index contributed by atoms with van der Waals surface area (Å²) in [6.45, 7) is 6.08. The highest BCUT2D eigenvalue weighted by Crippen LogP contribution is 2.26. The molecule has 0 aromatic heterocycles. The van der Waals surface area contributed by atoms with Crippen molar-refractivity contribution in [3.05, 3.63) is 29.3 Å². The number of hydrogen-bond donors (Lipinski definition) is 2. The molecular formula is C15H23N3O. The van der Waals surface area contributed by atoms with Crippen LogP contribution in [-0.4, -0.2) is 25.0 Å². The molecule has 1 aliphatic heterocycles. The molecular weight excluding hydrogens is 238 g/mol. The molecule has 1 aromatic carbocycles. The molecule has 1 fully saturated rings. The number of nitrogens with zero attached hydrogens (tertiary/aromatic N) is 1. The van der Waals surface area contributed by atoms with Crippen molar-refractivity contribution in [3.63, 3.8) is 0 Å². The second-order valence-electron chi connectivity index (χ2n) is 5.55. The smallest absolute Gasteiger partial charge is 0.248 e. The molecule has 1 heterocycles. The van der Waals surface area contributed by atoms with Gasteiger partial charge in [-0.25, -0.2) is 0 Å². The standard InChI is InChI=1S/C15H23N3O/c1-10-9-13(3-4-14(10)15(17)19)18-7-5-12(6-8-18)11(2)16/h3-4,9,11-12H,5-8,16H2,1-2H3,(H2,17,19). The third kappa shape index (κ3) is 3.07. The maximum atomic E-state index is 11.2. The summed E-state index contributed by atoms with van der Waals surface area (Å²) in [5.74, 6) is 0.266. The van der Waals surface area contributed by atoms with E-state index in [4.69, 9.17) is 11.5 Å². The summed E-state index contributed by atoms with van der Waals surface area (Å²) in [5.41, 5.74) is 14.0. The summed E-state index contributed by atoms with van der Waals surface area (Å²) in [6, 6.07) is 6.14. The zero-order valence-corrected chi connectivity index (χ0v) is 11.7. The van der Waals surface area contributed by atoms with Crippen LogP contribution in [0.2, 0.25) is 0 Å². The fraction of sp³-hybridized carbons (Fsp3) is 0.533. The summed E-state index contributed by atoms with van der Waals surface area (Å²) < 4.78 is 0. The normalized spacial score (nSPS) is 18.4. The van der Waals surface area contributed by atoms with Gasteiger partial charge in [0.05, 0.1) is 0 Å². The second kappa shape index (κ2) is 5.61. The fourth-order valence-corrected chi connectivity index (χ4v) is 2.80. The lowest BCUT2D eigenvalue weighted by Crippen LogP contribution is -2.39. The van der Waals surface area contributed by atoms with Gasteiger partial charge in [-0.1, -0.05) is 0 Å². The third-order valence-corrected chi connectivity index (χ3v) is 4.12. The molecule has 0 aliphatic carbocycles. The first-order valence-electron chi connectivity index (χ1n) is 6.90. The highest BCUT2D eigenvalue weighted by atomic mass is 16.1. The predicted octanol–water partition coefficient (Wildman–Crippen LogP) is 1.66. The van der Waals surface area contributed by atoms with Crippen LogP contribution in [-0.2, 0) is 0 Å². The number of hydrogen-bond acceptors (Lipinski definition) is 3. The number of rotatable bonds is 3. The summed E-state index contributed by atoms with van der Waals surface area (Å²) in [5, 5.41) is 0. The van der Waals surface area contributed by atoms with Crippen molar-refractivity contribution in [2.24, 2.45) is 17.4 Å². The molecule has 1 saturated heterocycles. The summed E-state index contributed by atoms with van der Waals surface area (Å²) in [7, 11) is 0. The van der Waals surface area contributed by atoms with Gasteiger partial charge in [-0.15, -0.1) is 0 Å². The number of anilines is 1. The lowest BCUT2D eigenvalue weighted by atomic mass is 9.90. The zero-order chi connectivity index (χ0) is 14.0. The number of carbonyl (C=O) groups excluding carboxylic acids is 1. The van der Waals surface area contributed by atoms with Crippen LogP contribution < -0.4 is 16.4 Å². The average Bonchev–Trinajstić information content (AvgIpc) is 2.38. The van der Waals surface area contributed by atoms with E-state index in [0.717, 1.165) is 31.5 Å².